The van der Waals surface area contributed by atoms with Crippen molar-refractivity contribution >= 4 is 26.8 Å². The van der Waals surface area contributed by atoms with E-state index < -0.39 is 0 Å². The van der Waals surface area contributed by atoms with Crippen LogP contribution in [0.3, 0.4) is 0 Å². The first-order valence-corrected chi connectivity index (χ1v) is 7.01. The van der Waals surface area contributed by atoms with Crippen LogP contribution in [0.15, 0.2) is 28.9 Å². The predicted molar refractivity (Wildman–Crippen MR) is 75.1 cm³/mol. The van der Waals surface area contributed by atoms with E-state index in [1.165, 1.54) is 40.2 Å². The van der Waals surface area contributed by atoms with Crippen molar-refractivity contribution in [3.63, 3.8) is 0 Å². The molecule has 1 aromatic carbocycles. The third-order valence-corrected chi connectivity index (χ3v) is 4.39. The van der Waals surface area contributed by atoms with Gasteiger partial charge in [0.05, 0.1) is 0 Å². The molecular weight excluding hydrogens is 276 g/mol. The zero-order valence-corrected chi connectivity index (χ0v) is 11.6. The number of halogens is 1. The third kappa shape index (κ3) is 2.02. The third-order valence-electron chi connectivity index (χ3n) is 3.73. The van der Waals surface area contributed by atoms with Crippen LogP contribution in [0.2, 0.25) is 0 Å². The minimum Gasteiger partial charge on any atom is -0.350 e. The van der Waals surface area contributed by atoms with Crippen LogP contribution in [-0.4, -0.2) is 10.6 Å². The van der Waals surface area contributed by atoms with Crippen molar-refractivity contribution in [2.75, 3.05) is 0 Å². The zero-order valence-electron chi connectivity index (χ0n) is 10.0. The van der Waals surface area contributed by atoms with Crippen LogP contribution in [0.4, 0.5) is 0 Å². The first-order valence-electron chi connectivity index (χ1n) is 6.21. The number of nitrogens with one attached hydrogen (secondary N) is 1. The highest BCUT2D eigenvalue weighted by molar-refractivity contribution is 9.10. The van der Waals surface area contributed by atoms with E-state index >= 15 is 0 Å². The molecular formula is C14H17BrN2. The van der Waals surface area contributed by atoms with E-state index in [2.05, 4.69) is 57.3 Å². The molecule has 0 atom stereocenters. The van der Waals surface area contributed by atoms with Crippen molar-refractivity contribution in [1.29, 1.82) is 0 Å². The molecule has 2 aromatic rings. The molecule has 1 saturated carbocycles. The van der Waals surface area contributed by atoms with E-state index in [0.717, 1.165) is 12.6 Å². The summed E-state index contributed by atoms with van der Waals surface area (Å²) in [4.78, 5) is 0. The standard InChI is InChI=1S/C14H17BrN2/c1-17-9-10(8-16-11-4-2-5-11)14-12(15)6-3-7-13(14)17/h3,6-7,9,11,16H,2,4-5,8H2,1H3. The second kappa shape index (κ2) is 4.46. The molecule has 0 unspecified atom stereocenters. The molecule has 0 saturated heterocycles. The van der Waals surface area contributed by atoms with Gasteiger partial charge >= 0.3 is 0 Å². The first kappa shape index (κ1) is 11.3. The van der Waals surface area contributed by atoms with Crippen molar-refractivity contribution in [3.8, 4) is 0 Å². The molecule has 2 nitrogen and oxygen atoms in total. The summed E-state index contributed by atoms with van der Waals surface area (Å²) in [7, 11) is 2.11. The largest absolute Gasteiger partial charge is 0.350 e. The topological polar surface area (TPSA) is 17.0 Å². The maximum atomic E-state index is 3.66. The number of nitrogens with zero attached hydrogens (tertiary/aromatic N) is 1. The van der Waals surface area contributed by atoms with Gasteiger partial charge < -0.3 is 9.88 Å². The second-order valence-corrected chi connectivity index (χ2v) is 5.76. The van der Waals surface area contributed by atoms with Crippen molar-refractivity contribution < 1.29 is 0 Å². The Balaban J connectivity index is 1.92. The van der Waals surface area contributed by atoms with Gasteiger partial charge in [-0.05, 0) is 30.5 Å². The highest BCUT2D eigenvalue weighted by Gasteiger charge is 2.17. The van der Waals surface area contributed by atoms with Crippen molar-refractivity contribution in [2.24, 2.45) is 7.05 Å². The molecule has 0 aliphatic heterocycles. The van der Waals surface area contributed by atoms with Crippen molar-refractivity contribution in [2.45, 2.75) is 31.8 Å². The lowest BCUT2D eigenvalue weighted by Gasteiger charge is -2.26. The SMILES string of the molecule is Cn1cc(CNC2CCC2)c2c(Br)cccc21. The van der Waals surface area contributed by atoms with Crippen LogP contribution in [-0.2, 0) is 13.6 Å². The number of benzene rings is 1. The fourth-order valence-electron chi connectivity index (χ4n) is 2.49. The summed E-state index contributed by atoms with van der Waals surface area (Å²) in [6.07, 6.45) is 6.30. The molecule has 1 aromatic heterocycles. The Morgan fingerprint density at radius 3 is 2.94 bits per heavy atom. The molecule has 1 N–H and O–H groups in total. The van der Waals surface area contributed by atoms with Gasteiger partial charge in [0.25, 0.3) is 0 Å². The van der Waals surface area contributed by atoms with Gasteiger partial charge in [-0.25, -0.2) is 0 Å². The van der Waals surface area contributed by atoms with Crippen LogP contribution < -0.4 is 5.32 Å². The maximum absolute atomic E-state index is 3.66. The van der Waals surface area contributed by atoms with Gasteiger partial charge in [0.2, 0.25) is 0 Å². The summed E-state index contributed by atoms with van der Waals surface area (Å²) in [5.41, 5.74) is 2.69. The molecule has 0 spiro atoms. The maximum Gasteiger partial charge on any atom is 0.0492 e. The summed E-state index contributed by atoms with van der Waals surface area (Å²) in [5.74, 6) is 0. The Bertz CT molecular complexity index is 540. The Morgan fingerprint density at radius 1 is 1.41 bits per heavy atom. The number of aromatic nitrogens is 1. The number of rotatable bonds is 3. The van der Waals surface area contributed by atoms with E-state index in [0.29, 0.717) is 0 Å². The number of hydrogen-bond donors (Lipinski definition) is 1. The summed E-state index contributed by atoms with van der Waals surface area (Å²) in [6.45, 7) is 0.977. The lowest BCUT2D eigenvalue weighted by Crippen LogP contribution is -2.34. The molecule has 3 heteroatoms. The van der Waals surface area contributed by atoms with Gasteiger partial charge in [0.1, 0.15) is 0 Å². The molecule has 1 aliphatic carbocycles. The van der Waals surface area contributed by atoms with Crippen molar-refractivity contribution in [1.82, 2.24) is 9.88 Å². The molecule has 0 amide bonds. The highest BCUT2D eigenvalue weighted by Crippen LogP contribution is 2.29. The summed E-state index contributed by atoms with van der Waals surface area (Å²) >= 11 is 3.66. The first-order chi connectivity index (χ1) is 8.25. The van der Waals surface area contributed by atoms with E-state index in [1.807, 2.05) is 0 Å². The molecule has 0 radical (unpaired) electrons. The smallest absolute Gasteiger partial charge is 0.0492 e. The summed E-state index contributed by atoms with van der Waals surface area (Å²) in [6, 6.07) is 7.13. The van der Waals surface area contributed by atoms with Gasteiger partial charge in [-0.2, -0.15) is 0 Å². The molecule has 3 rings (SSSR count). The van der Waals surface area contributed by atoms with Crippen molar-refractivity contribution in [3.05, 3.63) is 34.4 Å². The molecule has 1 heterocycles. The zero-order chi connectivity index (χ0) is 11.8. The summed E-state index contributed by atoms with van der Waals surface area (Å²) < 4.78 is 3.40. The molecule has 90 valence electrons. The van der Waals surface area contributed by atoms with Crippen LogP contribution in [0.1, 0.15) is 24.8 Å². The molecule has 17 heavy (non-hydrogen) atoms. The van der Waals surface area contributed by atoms with Crippen LogP contribution in [0, 0.1) is 0 Å². The number of hydrogen-bond acceptors (Lipinski definition) is 1. The van der Waals surface area contributed by atoms with Crippen LogP contribution >= 0.6 is 15.9 Å². The van der Waals surface area contributed by atoms with Crippen LogP contribution in [0.5, 0.6) is 0 Å². The van der Waals surface area contributed by atoms with Gasteiger partial charge in [0, 0.05) is 41.2 Å². The quantitative estimate of drug-likeness (QED) is 0.915. The summed E-state index contributed by atoms with van der Waals surface area (Å²) in [5, 5.41) is 4.98. The minimum atomic E-state index is 0.743. The minimum absolute atomic E-state index is 0.743. The monoisotopic (exact) mass is 292 g/mol. The van der Waals surface area contributed by atoms with Gasteiger partial charge in [-0.15, -0.1) is 0 Å². The van der Waals surface area contributed by atoms with E-state index in [9.17, 15) is 0 Å². The Hall–Kier alpha value is -0.800. The fourth-order valence-corrected chi connectivity index (χ4v) is 3.10. The average Bonchev–Trinajstić information content (AvgIpc) is 2.55. The molecule has 1 fully saturated rings. The average molecular weight is 293 g/mol. The lowest BCUT2D eigenvalue weighted by atomic mass is 9.93. The van der Waals surface area contributed by atoms with Gasteiger partial charge in [-0.1, -0.05) is 28.4 Å². The molecule has 0 bridgehead atoms. The number of aryl methyl sites for hydroxylation is 1. The van der Waals surface area contributed by atoms with Gasteiger partial charge in [0.15, 0.2) is 0 Å². The normalized spacial score (nSPS) is 16.4. The Labute approximate surface area is 110 Å². The lowest BCUT2D eigenvalue weighted by molar-refractivity contribution is 0.338. The Morgan fingerprint density at radius 2 is 2.24 bits per heavy atom. The van der Waals surface area contributed by atoms with E-state index in [1.54, 1.807) is 0 Å². The van der Waals surface area contributed by atoms with Crippen LogP contribution in [0.25, 0.3) is 10.9 Å². The van der Waals surface area contributed by atoms with E-state index in [-0.39, 0.29) is 0 Å². The Kier molecular flexibility index (Phi) is 2.97. The number of fused-ring (bicyclic) bond motifs is 1. The second-order valence-electron chi connectivity index (χ2n) is 4.91. The van der Waals surface area contributed by atoms with Gasteiger partial charge in [-0.3, -0.25) is 0 Å². The van der Waals surface area contributed by atoms with E-state index in [4.69, 9.17) is 0 Å². The molecule has 1 aliphatic rings. The fraction of sp³-hybridized carbons (Fsp3) is 0.429. The predicted octanol–water partition coefficient (Wildman–Crippen LogP) is 3.58. The highest BCUT2D eigenvalue weighted by atomic mass is 79.9.